The van der Waals surface area contributed by atoms with E-state index in [1.54, 1.807) is 16.8 Å². The molecule has 0 unspecified atom stereocenters. The second-order valence-electron chi connectivity index (χ2n) is 9.63. The third-order valence-electron chi connectivity index (χ3n) is 7.33. The predicted molar refractivity (Wildman–Crippen MR) is 126 cm³/mol. The van der Waals surface area contributed by atoms with Crippen LogP contribution in [0.15, 0.2) is 30.3 Å². The van der Waals surface area contributed by atoms with Gasteiger partial charge in [0, 0.05) is 30.3 Å². The number of fused-ring (bicyclic) bond motifs is 1. The van der Waals surface area contributed by atoms with Gasteiger partial charge in [-0.3, -0.25) is 14.3 Å². The zero-order valence-electron chi connectivity index (χ0n) is 19.9. The van der Waals surface area contributed by atoms with Crippen LogP contribution in [0.1, 0.15) is 60.5 Å². The number of hydrogen-bond acceptors (Lipinski definition) is 5. The minimum Gasteiger partial charge on any atom is -0.272 e. The summed E-state index contributed by atoms with van der Waals surface area (Å²) >= 11 is 0. The van der Waals surface area contributed by atoms with E-state index in [2.05, 4.69) is 5.10 Å². The molecule has 7 nitrogen and oxygen atoms in total. The molecule has 3 aromatic rings. The van der Waals surface area contributed by atoms with E-state index in [0.717, 1.165) is 23.9 Å². The van der Waals surface area contributed by atoms with Gasteiger partial charge in [-0.2, -0.15) is 15.6 Å². The van der Waals surface area contributed by atoms with E-state index in [9.17, 15) is 13.6 Å². The average Bonchev–Trinajstić information content (AvgIpc) is 3.48. The molecule has 2 aliphatic rings. The highest BCUT2D eigenvalue weighted by molar-refractivity contribution is 5.83. The van der Waals surface area contributed by atoms with E-state index < -0.39 is 17.7 Å². The molecule has 0 bridgehead atoms. The largest absolute Gasteiger partial charge is 0.272 e. The summed E-state index contributed by atoms with van der Waals surface area (Å²) in [4.78, 5) is 19.0. The van der Waals surface area contributed by atoms with Gasteiger partial charge in [-0.25, -0.2) is 13.8 Å². The van der Waals surface area contributed by atoms with Gasteiger partial charge in [0.1, 0.15) is 17.7 Å². The van der Waals surface area contributed by atoms with Gasteiger partial charge in [-0.05, 0) is 68.4 Å². The van der Waals surface area contributed by atoms with Gasteiger partial charge in [-0.1, -0.05) is 0 Å². The maximum absolute atomic E-state index is 14.2. The van der Waals surface area contributed by atoms with Crippen molar-refractivity contribution in [2.75, 3.05) is 6.61 Å². The Morgan fingerprint density at radius 3 is 2.58 bits per heavy atom. The summed E-state index contributed by atoms with van der Waals surface area (Å²) in [6, 6.07) is 10.5. The van der Waals surface area contributed by atoms with Gasteiger partial charge >= 0.3 is 0 Å². The summed E-state index contributed by atoms with van der Waals surface area (Å²) in [6.45, 7) is 2.82. The van der Waals surface area contributed by atoms with Crippen LogP contribution in [0.4, 0.5) is 8.78 Å². The fourth-order valence-electron chi connectivity index (χ4n) is 5.45. The number of halogens is 2. The summed E-state index contributed by atoms with van der Waals surface area (Å²) in [5.74, 6) is -1.08. The molecular formula is C27H25F2N5O2. The monoisotopic (exact) mass is 489 g/mol. The smallest absolute Gasteiger partial charge is 0.249 e. The number of aromatic nitrogens is 2. The zero-order chi connectivity index (χ0) is 25.4. The van der Waals surface area contributed by atoms with Crippen molar-refractivity contribution in [3.8, 4) is 12.1 Å². The molecule has 2 aromatic carbocycles. The molecule has 2 heterocycles. The Bertz CT molecular complexity index is 1410. The zero-order valence-corrected chi connectivity index (χ0v) is 19.9. The third-order valence-corrected chi connectivity index (χ3v) is 7.33. The summed E-state index contributed by atoms with van der Waals surface area (Å²) in [5, 5.41) is 25.0. The topological polar surface area (TPSA) is 94.9 Å². The molecule has 184 valence electrons. The van der Waals surface area contributed by atoms with Crippen LogP contribution in [0.25, 0.3) is 10.9 Å². The molecule has 2 fully saturated rings. The highest BCUT2D eigenvalue weighted by atomic mass is 19.1. The number of hydrogen-bond donors (Lipinski definition) is 0. The Morgan fingerprint density at radius 2 is 1.86 bits per heavy atom. The predicted octanol–water partition coefficient (Wildman–Crippen LogP) is 5.08. The van der Waals surface area contributed by atoms with E-state index in [0.29, 0.717) is 43.5 Å². The minimum absolute atomic E-state index is 0.00805. The number of carbonyl (C=O) groups is 1. The molecule has 1 atom stereocenters. The molecule has 9 heteroatoms. The van der Waals surface area contributed by atoms with Crippen molar-refractivity contribution < 1.29 is 18.4 Å². The molecule has 1 saturated heterocycles. The van der Waals surface area contributed by atoms with Crippen LogP contribution in [-0.2, 0) is 16.2 Å². The quantitative estimate of drug-likeness (QED) is 0.510. The maximum Gasteiger partial charge on any atom is 0.249 e. The number of amides is 1. The molecule has 0 spiro atoms. The third kappa shape index (κ3) is 4.43. The first-order valence-electron chi connectivity index (χ1n) is 12.1. The molecule has 1 saturated carbocycles. The average molecular weight is 490 g/mol. The molecule has 1 aliphatic heterocycles. The number of benzene rings is 2. The first-order chi connectivity index (χ1) is 17.4. The number of aryl methyl sites for hydroxylation is 1. The number of nitriles is 2. The van der Waals surface area contributed by atoms with Gasteiger partial charge in [0.25, 0.3) is 0 Å². The van der Waals surface area contributed by atoms with E-state index >= 15 is 0 Å². The van der Waals surface area contributed by atoms with Crippen LogP contribution in [0.5, 0.6) is 0 Å². The van der Waals surface area contributed by atoms with E-state index in [-0.39, 0.29) is 28.9 Å². The second-order valence-corrected chi connectivity index (χ2v) is 9.63. The van der Waals surface area contributed by atoms with Crippen LogP contribution in [-0.4, -0.2) is 27.4 Å². The minimum atomic E-state index is -0.555. The van der Waals surface area contributed by atoms with Gasteiger partial charge < -0.3 is 0 Å². The SMILES string of the molecule is Cc1nn(CC2CCC(C(=O)N3OCC[C@H]3c3cc(F)cc(C#N)c3)CC2)c2cc(F)c(C#N)cc12. The Morgan fingerprint density at radius 1 is 1.08 bits per heavy atom. The van der Waals surface area contributed by atoms with Crippen LogP contribution < -0.4 is 0 Å². The van der Waals surface area contributed by atoms with Crippen LogP contribution in [0.2, 0.25) is 0 Å². The van der Waals surface area contributed by atoms with Gasteiger partial charge in [-0.15, -0.1) is 0 Å². The highest BCUT2D eigenvalue weighted by Gasteiger charge is 2.37. The van der Waals surface area contributed by atoms with Crippen molar-refractivity contribution in [1.82, 2.24) is 14.8 Å². The molecule has 5 rings (SSSR count). The van der Waals surface area contributed by atoms with Crippen molar-refractivity contribution in [3.05, 3.63) is 64.4 Å². The van der Waals surface area contributed by atoms with Crippen molar-refractivity contribution >= 4 is 16.8 Å². The van der Waals surface area contributed by atoms with Crippen LogP contribution in [0.3, 0.4) is 0 Å². The lowest BCUT2D eigenvalue weighted by molar-refractivity contribution is -0.183. The summed E-state index contributed by atoms with van der Waals surface area (Å²) < 4.78 is 30.0. The number of carbonyl (C=O) groups excluding carboxylic acids is 1. The van der Waals surface area contributed by atoms with Gasteiger partial charge in [0.2, 0.25) is 5.91 Å². The number of rotatable bonds is 4. The first-order valence-corrected chi connectivity index (χ1v) is 12.1. The summed E-state index contributed by atoms with van der Waals surface area (Å²) in [7, 11) is 0. The van der Waals surface area contributed by atoms with Gasteiger partial charge in [0.15, 0.2) is 0 Å². The Kier molecular flexibility index (Phi) is 6.42. The number of hydroxylamine groups is 2. The van der Waals surface area contributed by atoms with Crippen LogP contribution >= 0.6 is 0 Å². The molecule has 1 amide bonds. The van der Waals surface area contributed by atoms with Crippen LogP contribution in [0, 0.1) is 53.1 Å². The number of nitrogens with zero attached hydrogens (tertiary/aromatic N) is 5. The Labute approximate surface area is 207 Å². The van der Waals surface area contributed by atoms with Crippen molar-refractivity contribution in [1.29, 1.82) is 10.5 Å². The standard InChI is InChI=1S/C27H25F2N5O2/c1-16-23-11-21(14-31)24(29)12-26(23)33(32-16)15-17-2-4-19(5-3-17)27(35)34-25(6-7-36-34)20-8-18(13-30)9-22(28)10-20/h8-12,17,19,25H,2-7,15H2,1H3/t17?,19?,25-/m0/s1. The molecule has 36 heavy (non-hydrogen) atoms. The van der Waals surface area contributed by atoms with Crippen molar-refractivity contribution in [2.45, 2.75) is 51.6 Å². The second kappa shape index (κ2) is 9.67. The fraction of sp³-hybridized carbons (Fsp3) is 0.407. The lowest BCUT2D eigenvalue weighted by Crippen LogP contribution is -2.37. The maximum atomic E-state index is 14.2. The summed E-state index contributed by atoms with van der Waals surface area (Å²) in [6.07, 6.45) is 3.55. The first kappa shape index (κ1) is 23.9. The molecular weight excluding hydrogens is 464 g/mol. The molecule has 1 aromatic heterocycles. The Hall–Kier alpha value is -3.82. The summed E-state index contributed by atoms with van der Waals surface area (Å²) in [5.41, 5.74) is 2.21. The lowest BCUT2D eigenvalue weighted by atomic mass is 9.81. The van der Waals surface area contributed by atoms with Crippen molar-refractivity contribution in [3.63, 3.8) is 0 Å². The molecule has 0 radical (unpaired) electrons. The van der Waals surface area contributed by atoms with E-state index in [1.807, 2.05) is 19.1 Å². The molecule has 1 aliphatic carbocycles. The molecule has 0 N–H and O–H groups in total. The van der Waals surface area contributed by atoms with Crippen molar-refractivity contribution in [2.24, 2.45) is 11.8 Å². The lowest BCUT2D eigenvalue weighted by Gasteiger charge is -2.32. The van der Waals surface area contributed by atoms with E-state index in [1.165, 1.54) is 23.3 Å². The van der Waals surface area contributed by atoms with Gasteiger partial charge in [0.05, 0.1) is 41.1 Å². The van der Waals surface area contributed by atoms with E-state index in [4.69, 9.17) is 15.4 Å². The normalized spacial score (nSPS) is 21.9. The Balaban J connectivity index is 1.25. The highest BCUT2D eigenvalue weighted by Crippen LogP contribution is 2.37. The fourth-order valence-corrected chi connectivity index (χ4v) is 5.45.